The van der Waals surface area contributed by atoms with Crippen LogP contribution in [0.1, 0.15) is 19.8 Å². The molecule has 2 rings (SSSR count). The first kappa shape index (κ1) is 8.50. The number of carbonyl (C=O) groups is 2. The lowest BCUT2D eigenvalue weighted by Gasteiger charge is -2.10. The summed E-state index contributed by atoms with van der Waals surface area (Å²) in [5.41, 5.74) is 0. The molecule has 5 heteroatoms. The summed E-state index contributed by atoms with van der Waals surface area (Å²) in [5, 5.41) is 0. The first-order chi connectivity index (χ1) is 6.15. The topological polar surface area (TPSA) is 61.8 Å². The van der Waals surface area contributed by atoms with Gasteiger partial charge in [0, 0.05) is 13.3 Å². The van der Waals surface area contributed by atoms with Crippen LogP contribution in [0.25, 0.3) is 0 Å². The summed E-state index contributed by atoms with van der Waals surface area (Å²) in [4.78, 5) is 21.3. The van der Waals surface area contributed by atoms with Crippen molar-refractivity contribution in [2.45, 2.75) is 38.3 Å². The van der Waals surface area contributed by atoms with E-state index in [9.17, 15) is 9.59 Å². The van der Waals surface area contributed by atoms with E-state index in [-0.39, 0.29) is 30.6 Å². The van der Waals surface area contributed by atoms with Crippen LogP contribution in [-0.4, -0.2) is 30.4 Å². The maximum absolute atomic E-state index is 10.8. The van der Waals surface area contributed by atoms with Gasteiger partial charge in [0.25, 0.3) is 0 Å². The van der Waals surface area contributed by atoms with Crippen molar-refractivity contribution >= 4 is 11.9 Å². The fraction of sp³-hybridized carbons (Fsp3) is 0.750. The Hall–Kier alpha value is -1.10. The molecule has 0 aromatic carbocycles. The predicted molar refractivity (Wildman–Crippen MR) is 39.5 cm³/mol. The van der Waals surface area contributed by atoms with Crippen molar-refractivity contribution in [1.29, 1.82) is 0 Å². The molecular formula is C8H10O5. The highest BCUT2D eigenvalue weighted by Crippen LogP contribution is 2.31. The number of rotatable bonds is 1. The molecule has 0 bridgehead atoms. The van der Waals surface area contributed by atoms with Crippen LogP contribution in [0, 0.1) is 0 Å². The highest BCUT2D eigenvalue weighted by atomic mass is 16.7. The van der Waals surface area contributed by atoms with Crippen molar-refractivity contribution in [1.82, 2.24) is 0 Å². The maximum Gasteiger partial charge on any atom is 0.308 e. The van der Waals surface area contributed by atoms with Gasteiger partial charge in [-0.15, -0.1) is 0 Å². The van der Waals surface area contributed by atoms with E-state index in [1.54, 1.807) is 0 Å². The Morgan fingerprint density at radius 2 is 2.31 bits per heavy atom. The second-order valence-electron chi connectivity index (χ2n) is 3.18. The molecule has 72 valence electrons. The smallest absolute Gasteiger partial charge is 0.308 e. The maximum atomic E-state index is 10.8. The molecule has 2 saturated heterocycles. The standard InChI is InChI=1S/C8H10O5/c1-4(9)11-8-3-6-5(13-8)2-7(10)12-6/h5-6,8H,2-3H2,1H3/t5-,6-,8+/m0/s1. The Morgan fingerprint density at radius 3 is 2.92 bits per heavy atom. The van der Waals surface area contributed by atoms with E-state index in [2.05, 4.69) is 0 Å². The first-order valence-electron chi connectivity index (χ1n) is 4.17. The monoisotopic (exact) mass is 186 g/mol. The van der Waals surface area contributed by atoms with Crippen molar-refractivity contribution in [2.75, 3.05) is 0 Å². The molecule has 2 aliphatic heterocycles. The first-order valence-corrected chi connectivity index (χ1v) is 4.17. The molecule has 2 fully saturated rings. The molecule has 2 aliphatic rings. The fourth-order valence-corrected chi connectivity index (χ4v) is 1.63. The molecule has 2 heterocycles. The molecule has 0 aliphatic carbocycles. The highest BCUT2D eigenvalue weighted by Gasteiger charge is 2.45. The van der Waals surface area contributed by atoms with E-state index in [0.29, 0.717) is 6.42 Å². The molecule has 0 N–H and O–H groups in total. The van der Waals surface area contributed by atoms with E-state index in [0.717, 1.165) is 0 Å². The van der Waals surface area contributed by atoms with Gasteiger partial charge in [0.1, 0.15) is 12.2 Å². The van der Waals surface area contributed by atoms with E-state index < -0.39 is 6.29 Å². The largest absolute Gasteiger partial charge is 0.459 e. The Balaban J connectivity index is 1.90. The zero-order valence-electron chi connectivity index (χ0n) is 7.19. The molecule has 0 aromatic heterocycles. The molecular weight excluding hydrogens is 176 g/mol. The minimum absolute atomic E-state index is 0.225. The van der Waals surface area contributed by atoms with Gasteiger partial charge in [0.15, 0.2) is 0 Å². The molecule has 0 radical (unpaired) electrons. The molecule has 0 aromatic rings. The zero-order valence-corrected chi connectivity index (χ0v) is 7.19. The molecule has 0 unspecified atom stereocenters. The van der Waals surface area contributed by atoms with Crippen molar-refractivity contribution < 1.29 is 23.8 Å². The molecule has 3 atom stereocenters. The van der Waals surface area contributed by atoms with Crippen LogP contribution in [-0.2, 0) is 23.8 Å². The summed E-state index contributed by atoms with van der Waals surface area (Å²) in [5.74, 6) is -0.618. The van der Waals surface area contributed by atoms with E-state index in [1.165, 1.54) is 6.92 Å². The summed E-state index contributed by atoms with van der Waals surface area (Å²) in [7, 11) is 0. The Labute approximate surface area is 74.9 Å². The van der Waals surface area contributed by atoms with Crippen LogP contribution in [0.3, 0.4) is 0 Å². The summed E-state index contributed by atoms with van der Waals surface area (Å²) >= 11 is 0. The molecule has 13 heavy (non-hydrogen) atoms. The van der Waals surface area contributed by atoms with Crippen molar-refractivity contribution in [3.63, 3.8) is 0 Å². The van der Waals surface area contributed by atoms with Crippen molar-refractivity contribution in [3.05, 3.63) is 0 Å². The average molecular weight is 186 g/mol. The van der Waals surface area contributed by atoms with Crippen molar-refractivity contribution in [2.24, 2.45) is 0 Å². The summed E-state index contributed by atoms with van der Waals surface area (Å²) < 4.78 is 15.0. The molecule has 0 amide bonds. The number of carbonyl (C=O) groups excluding carboxylic acids is 2. The Bertz CT molecular complexity index is 233. The van der Waals surface area contributed by atoms with Gasteiger partial charge in [-0.1, -0.05) is 0 Å². The SMILES string of the molecule is CC(=O)O[C@H]1C[C@@H]2OC(=O)C[C@@H]2O1. The molecule has 0 saturated carbocycles. The van der Waals surface area contributed by atoms with Crippen LogP contribution < -0.4 is 0 Å². The zero-order chi connectivity index (χ0) is 9.42. The van der Waals surface area contributed by atoms with Gasteiger partial charge in [-0.25, -0.2) is 0 Å². The van der Waals surface area contributed by atoms with Gasteiger partial charge in [0.2, 0.25) is 6.29 Å². The van der Waals surface area contributed by atoms with Gasteiger partial charge >= 0.3 is 11.9 Å². The Kier molecular flexibility index (Phi) is 1.95. The summed E-state index contributed by atoms with van der Waals surface area (Å²) in [6, 6.07) is 0. The lowest BCUT2D eigenvalue weighted by Crippen LogP contribution is -2.17. The van der Waals surface area contributed by atoms with Crippen LogP contribution in [0.4, 0.5) is 0 Å². The Morgan fingerprint density at radius 1 is 1.54 bits per heavy atom. The number of hydrogen-bond acceptors (Lipinski definition) is 5. The van der Waals surface area contributed by atoms with E-state index >= 15 is 0 Å². The lowest BCUT2D eigenvalue weighted by molar-refractivity contribution is -0.173. The van der Waals surface area contributed by atoms with Gasteiger partial charge < -0.3 is 14.2 Å². The van der Waals surface area contributed by atoms with E-state index in [4.69, 9.17) is 14.2 Å². The second-order valence-corrected chi connectivity index (χ2v) is 3.18. The number of hydrogen-bond donors (Lipinski definition) is 0. The third-order valence-electron chi connectivity index (χ3n) is 2.11. The van der Waals surface area contributed by atoms with Gasteiger partial charge in [-0.3, -0.25) is 9.59 Å². The van der Waals surface area contributed by atoms with Gasteiger partial charge in [-0.2, -0.15) is 0 Å². The summed E-state index contributed by atoms with van der Waals surface area (Å²) in [6.07, 6.45) is -0.271. The molecule has 0 spiro atoms. The quantitative estimate of drug-likeness (QED) is 0.538. The highest BCUT2D eigenvalue weighted by molar-refractivity contribution is 5.72. The van der Waals surface area contributed by atoms with Crippen LogP contribution in [0.5, 0.6) is 0 Å². The molecule has 5 nitrogen and oxygen atoms in total. The predicted octanol–water partition coefficient (Wildman–Crippen LogP) is -0.0200. The number of fused-ring (bicyclic) bond motifs is 1. The third kappa shape index (κ3) is 1.65. The number of esters is 2. The van der Waals surface area contributed by atoms with Gasteiger partial charge in [-0.05, 0) is 0 Å². The van der Waals surface area contributed by atoms with Crippen LogP contribution in [0.2, 0.25) is 0 Å². The normalized spacial score (nSPS) is 37.0. The average Bonchev–Trinajstić information content (AvgIpc) is 2.41. The minimum atomic E-state index is -0.541. The summed E-state index contributed by atoms with van der Waals surface area (Å²) in [6.45, 7) is 1.32. The van der Waals surface area contributed by atoms with Gasteiger partial charge in [0.05, 0.1) is 6.42 Å². The van der Waals surface area contributed by atoms with Crippen LogP contribution >= 0.6 is 0 Å². The second kappa shape index (κ2) is 2.99. The minimum Gasteiger partial charge on any atom is -0.459 e. The van der Waals surface area contributed by atoms with E-state index in [1.807, 2.05) is 0 Å². The van der Waals surface area contributed by atoms with Crippen LogP contribution in [0.15, 0.2) is 0 Å². The fourth-order valence-electron chi connectivity index (χ4n) is 1.63. The third-order valence-corrected chi connectivity index (χ3v) is 2.11. The van der Waals surface area contributed by atoms with Crippen molar-refractivity contribution in [3.8, 4) is 0 Å². The number of ether oxygens (including phenoxy) is 3. The lowest BCUT2D eigenvalue weighted by atomic mass is 10.2.